The van der Waals surface area contributed by atoms with Crippen molar-refractivity contribution in [3.8, 4) is 6.07 Å². The number of nitrogens with zero attached hydrogens (tertiary/aromatic N) is 2. The van der Waals surface area contributed by atoms with Gasteiger partial charge in [0, 0.05) is 18.8 Å². The summed E-state index contributed by atoms with van der Waals surface area (Å²) in [4.78, 5) is 2.46. The van der Waals surface area contributed by atoms with Gasteiger partial charge in [-0.25, -0.2) is 0 Å². The second-order valence-corrected chi connectivity index (χ2v) is 4.95. The maximum atomic E-state index is 8.87. The van der Waals surface area contributed by atoms with Gasteiger partial charge in [0.25, 0.3) is 0 Å². The highest BCUT2D eigenvalue weighted by Gasteiger charge is 2.18. The van der Waals surface area contributed by atoms with Crippen molar-refractivity contribution in [2.45, 2.75) is 33.1 Å². The lowest BCUT2D eigenvalue weighted by atomic mass is 9.93. The lowest BCUT2D eigenvalue weighted by Gasteiger charge is -2.34. The normalized spacial score (nSPS) is 16.9. The standard InChI is InChI=1S/C15H20N2/c1-3-13-6-8-17(9-7-13)15-5-4-14(11-16)10-12(15)2/h4-5,10,13H,3,6-9H2,1-2H3. The van der Waals surface area contributed by atoms with E-state index in [4.69, 9.17) is 5.26 Å². The number of piperidine rings is 1. The minimum Gasteiger partial charge on any atom is -0.371 e. The molecule has 2 nitrogen and oxygen atoms in total. The van der Waals surface area contributed by atoms with Crippen LogP contribution in [0.2, 0.25) is 0 Å². The summed E-state index contributed by atoms with van der Waals surface area (Å²) in [5.74, 6) is 0.907. The quantitative estimate of drug-likeness (QED) is 0.774. The Bertz CT molecular complexity index is 423. The van der Waals surface area contributed by atoms with E-state index in [1.807, 2.05) is 12.1 Å². The number of benzene rings is 1. The zero-order valence-electron chi connectivity index (χ0n) is 10.7. The van der Waals surface area contributed by atoms with Crippen LogP contribution in [0.25, 0.3) is 0 Å². The highest BCUT2D eigenvalue weighted by molar-refractivity contribution is 5.56. The number of aryl methyl sites for hydroxylation is 1. The van der Waals surface area contributed by atoms with Crippen LogP contribution in [0.4, 0.5) is 5.69 Å². The van der Waals surface area contributed by atoms with E-state index in [0.29, 0.717) is 0 Å². The lowest BCUT2D eigenvalue weighted by molar-refractivity contribution is 0.395. The SMILES string of the molecule is CCC1CCN(c2ccc(C#N)cc2C)CC1. The van der Waals surface area contributed by atoms with Crippen molar-refractivity contribution in [1.82, 2.24) is 0 Å². The average Bonchev–Trinajstić information content (AvgIpc) is 2.39. The third-order valence-corrected chi connectivity index (χ3v) is 3.86. The first-order valence-electron chi connectivity index (χ1n) is 6.50. The molecular formula is C15H20N2. The number of hydrogen-bond acceptors (Lipinski definition) is 2. The molecule has 0 spiro atoms. The number of rotatable bonds is 2. The summed E-state index contributed by atoms with van der Waals surface area (Å²) in [6.45, 7) is 6.70. The summed E-state index contributed by atoms with van der Waals surface area (Å²) >= 11 is 0. The Labute approximate surface area is 104 Å². The van der Waals surface area contributed by atoms with Gasteiger partial charge in [-0.05, 0) is 49.4 Å². The fourth-order valence-electron chi connectivity index (χ4n) is 2.66. The van der Waals surface area contributed by atoms with Crippen LogP contribution in [-0.4, -0.2) is 13.1 Å². The van der Waals surface area contributed by atoms with E-state index in [9.17, 15) is 0 Å². The third kappa shape index (κ3) is 2.61. The molecule has 0 atom stereocenters. The monoisotopic (exact) mass is 228 g/mol. The molecule has 0 aliphatic carbocycles. The van der Waals surface area contributed by atoms with Gasteiger partial charge in [-0.1, -0.05) is 13.3 Å². The lowest BCUT2D eigenvalue weighted by Crippen LogP contribution is -2.33. The zero-order chi connectivity index (χ0) is 12.3. The predicted molar refractivity (Wildman–Crippen MR) is 71.1 cm³/mol. The van der Waals surface area contributed by atoms with Gasteiger partial charge in [0.15, 0.2) is 0 Å². The van der Waals surface area contributed by atoms with E-state index in [0.717, 1.165) is 24.6 Å². The van der Waals surface area contributed by atoms with E-state index in [1.54, 1.807) is 0 Å². The molecule has 90 valence electrons. The van der Waals surface area contributed by atoms with Crippen LogP contribution < -0.4 is 4.90 Å². The van der Waals surface area contributed by atoms with E-state index in [2.05, 4.69) is 30.9 Å². The van der Waals surface area contributed by atoms with Crippen molar-refractivity contribution in [3.63, 3.8) is 0 Å². The average molecular weight is 228 g/mol. The van der Waals surface area contributed by atoms with Crippen LogP contribution in [0.1, 0.15) is 37.3 Å². The molecule has 0 unspecified atom stereocenters. The molecule has 0 aromatic heterocycles. The molecule has 17 heavy (non-hydrogen) atoms. The first-order valence-corrected chi connectivity index (χ1v) is 6.50. The molecule has 2 heteroatoms. The Balaban J connectivity index is 2.11. The van der Waals surface area contributed by atoms with E-state index < -0.39 is 0 Å². The minimum atomic E-state index is 0.759. The molecule has 0 bridgehead atoms. The van der Waals surface area contributed by atoms with Gasteiger partial charge in [-0.2, -0.15) is 5.26 Å². The predicted octanol–water partition coefficient (Wildman–Crippen LogP) is 3.49. The Morgan fingerprint density at radius 3 is 2.59 bits per heavy atom. The van der Waals surface area contributed by atoms with Gasteiger partial charge in [0.2, 0.25) is 0 Å². The molecule has 0 saturated carbocycles. The molecular weight excluding hydrogens is 208 g/mol. The number of anilines is 1. The molecule has 1 aliphatic heterocycles. The second-order valence-electron chi connectivity index (χ2n) is 4.95. The second kappa shape index (κ2) is 5.23. The van der Waals surface area contributed by atoms with Gasteiger partial charge in [-0.3, -0.25) is 0 Å². The van der Waals surface area contributed by atoms with Crippen LogP contribution in [-0.2, 0) is 0 Å². The summed E-state index contributed by atoms with van der Waals surface area (Å²) < 4.78 is 0. The molecule has 1 fully saturated rings. The smallest absolute Gasteiger partial charge is 0.0991 e. The largest absolute Gasteiger partial charge is 0.371 e. The van der Waals surface area contributed by atoms with Crippen molar-refractivity contribution in [1.29, 1.82) is 5.26 Å². The fourth-order valence-corrected chi connectivity index (χ4v) is 2.66. The van der Waals surface area contributed by atoms with Crippen LogP contribution >= 0.6 is 0 Å². The highest BCUT2D eigenvalue weighted by Crippen LogP contribution is 2.27. The first kappa shape index (κ1) is 12.0. The minimum absolute atomic E-state index is 0.759. The van der Waals surface area contributed by atoms with Crippen molar-refractivity contribution in [2.75, 3.05) is 18.0 Å². The van der Waals surface area contributed by atoms with Crippen molar-refractivity contribution in [3.05, 3.63) is 29.3 Å². The van der Waals surface area contributed by atoms with Crippen molar-refractivity contribution in [2.24, 2.45) is 5.92 Å². The maximum absolute atomic E-state index is 8.87. The molecule has 1 saturated heterocycles. The summed E-state index contributed by atoms with van der Waals surface area (Å²) in [5, 5.41) is 8.87. The van der Waals surface area contributed by atoms with Crippen molar-refractivity contribution < 1.29 is 0 Å². The maximum Gasteiger partial charge on any atom is 0.0991 e. The van der Waals surface area contributed by atoms with E-state index >= 15 is 0 Å². The molecule has 1 heterocycles. The van der Waals surface area contributed by atoms with Crippen LogP contribution in [0.15, 0.2) is 18.2 Å². The molecule has 0 N–H and O–H groups in total. The fraction of sp³-hybridized carbons (Fsp3) is 0.533. The van der Waals surface area contributed by atoms with E-state index in [-0.39, 0.29) is 0 Å². The molecule has 2 rings (SSSR count). The van der Waals surface area contributed by atoms with Gasteiger partial charge >= 0.3 is 0 Å². The topological polar surface area (TPSA) is 27.0 Å². The molecule has 1 aromatic carbocycles. The van der Waals surface area contributed by atoms with Gasteiger partial charge in [0.05, 0.1) is 11.6 Å². The van der Waals surface area contributed by atoms with Crippen LogP contribution in [0.3, 0.4) is 0 Å². The van der Waals surface area contributed by atoms with Crippen molar-refractivity contribution >= 4 is 5.69 Å². The Morgan fingerprint density at radius 1 is 1.35 bits per heavy atom. The van der Waals surface area contributed by atoms with Crippen LogP contribution in [0.5, 0.6) is 0 Å². The Kier molecular flexibility index (Phi) is 3.68. The number of nitriles is 1. The first-order chi connectivity index (χ1) is 8.24. The molecule has 0 radical (unpaired) electrons. The third-order valence-electron chi connectivity index (χ3n) is 3.86. The summed E-state index contributed by atoms with van der Waals surface area (Å²) in [7, 11) is 0. The molecule has 0 amide bonds. The summed E-state index contributed by atoms with van der Waals surface area (Å²) in [6, 6.07) is 8.21. The molecule has 1 aromatic rings. The summed E-state index contributed by atoms with van der Waals surface area (Å²) in [6.07, 6.45) is 3.91. The molecule has 1 aliphatic rings. The van der Waals surface area contributed by atoms with E-state index in [1.165, 1.54) is 30.5 Å². The van der Waals surface area contributed by atoms with Gasteiger partial charge < -0.3 is 4.90 Å². The number of hydrogen-bond donors (Lipinski definition) is 0. The van der Waals surface area contributed by atoms with Crippen LogP contribution in [0, 0.1) is 24.2 Å². The van der Waals surface area contributed by atoms with Gasteiger partial charge in [0.1, 0.15) is 0 Å². The Morgan fingerprint density at radius 2 is 2.06 bits per heavy atom. The highest BCUT2D eigenvalue weighted by atomic mass is 15.1. The van der Waals surface area contributed by atoms with Gasteiger partial charge in [-0.15, -0.1) is 0 Å². The Hall–Kier alpha value is -1.49. The zero-order valence-corrected chi connectivity index (χ0v) is 10.7. The summed E-state index contributed by atoms with van der Waals surface area (Å²) in [5.41, 5.74) is 3.28.